The fourth-order valence-electron chi connectivity index (χ4n) is 3.08. The number of nitrogens with one attached hydrogen (secondary N) is 2. The molecule has 1 aromatic heterocycles. The third-order valence-corrected chi connectivity index (χ3v) is 4.48. The third-order valence-electron chi connectivity index (χ3n) is 4.48. The van der Waals surface area contributed by atoms with Gasteiger partial charge in [-0.25, -0.2) is 0 Å². The number of guanidine groups is 1. The second-order valence-corrected chi connectivity index (χ2v) is 6.79. The van der Waals surface area contributed by atoms with Gasteiger partial charge in [0.05, 0.1) is 12.8 Å². The van der Waals surface area contributed by atoms with Crippen LogP contribution in [0.1, 0.15) is 43.1 Å². The van der Waals surface area contributed by atoms with Gasteiger partial charge in [-0.2, -0.15) is 5.10 Å². The smallest absolute Gasteiger partial charge is 0.191 e. The molecule has 1 unspecified atom stereocenters. The fourth-order valence-corrected chi connectivity index (χ4v) is 3.08. The number of rotatable bonds is 9. The molecule has 2 aromatic rings. The van der Waals surface area contributed by atoms with Crippen LogP contribution in [0.2, 0.25) is 0 Å². The molecule has 0 aliphatic carbocycles. The van der Waals surface area contributed by atoms with E-state index in [2.05, 4.69) is 53.3 Å². The van der Waals surface area contributed by atoms with E-state index in [1.54, 1.807) is 7.11 Å². The number of nitrogens with zero attached hydrogens (tertiary/aromatic N) is 3. The van der Waals surface area contributed by atoms with Crippen LogP contribution in [0.15, 0.2) is 35.3 Å². The van der Waals surface area contributed by atoms with Crippen LogP contribution in [0, 0.1) is 13.8 Å². The normalized spacial score (nSPS) is 12.7. The molecule has 0 aliphatic rings. The average Bonchev–Trinajstić information content (AvgIpc) is 2.99. The lowest BCUT2D eigenvalue weighted by molar-refractivity contribution is 0.407. The van der Waals surface area contributed by atoms with Gasteiger partial charge in [0.1, 0.15) is 5.75 Å². The molecule has 6 nitrogen and oxygen atoms in total. The minimum absolute atomic E-state index is 0.284. The summed E-state index contributed by atoms with van der Waals surface area (Å²) >= 11 is 0. The molecule has 1 heterocycles. The molecular weight excluding hydrogens is 338 g/mol. The van der Waals surface area contributed by atoms with E-state index in [0.717, 1.165) is 43.5 Å². The van der Waals surface area contributed by atoms with Crippen molar-refractivity contribution in [3.05, 3.63) is 47.3 Å². The van der Waals surface area contributed by atoms with Crippen LogP contribution in [0.4, 0.5) is 0 Å². The Morgan fingerprint density at radius 1 is 1.26 bits per heavy atom. The van der Waals surface area contributed by atoms with E-state index in [0.29, 0.717) is 6.54 Å². The Morgan fingerprint density at radius 2 is 2.04 bits per heavy atom. The Bertz CT molecular complexity index is 738. The van der Waals surface area contributed by atoms with Crippen molar-refractivity contribution < 1.29 is 4.74 Å². The molecule has 1 atom stereocenters. The lowest BCUT2D eigenvalue weighted by Crippen LogP contribution is -2.38. The molecule has 2 N–H and O–H groups in total. The van der Waals surface area contributed by atoms with E-state index in [1.807, 2.05) is 25.1 Å². The predicted molar refractivity (Wildman–Crippen MR) is 112 cm³/mol. The minimum Gasteiger partial charge on any atom is -0.496 e. The van der Waals surface area contributed by atoms with Crippen LogP contribution in [-0.4, -0.2) is 42.5 Å². The van der Waals surface area contributed by atoms with E-state index in [1.165, 1.54) is 11.3 Å². The van der Waals surface area contributed by atoms with Crippen molar-refractivity contribution in [1.29, 1.82) is 0 Å². The number of para-hydroxylation sites is 1. The number of methoxy groups -OCH3 is 1. The molecule has 0 amide bonds. The SMILES string of the molecule is CCNC(=NCC(C)c1ccccc1OC)NCCCn1nc(C)cc1C. The Morgan fingerprint density at radius 3 is 2.70 bits per heavy atom. The van der Waals surface area contributed by atoms with Gasteiger partial charge in [-0.3, -0.25) is 9.67 Å². The molecule has 0 saturated carbocycles. The number of hydrogen-bond acceptors (Lipinski definition) is 3. The standard InChI is InChI=1S/C21H33N5O/c1-6-22-21(23-12-9-13-26-18(4)14-17(3)25-26)24-15-16(2)19-10-7-8-11-20(19)27-5/h7-8,10-11,14,16H,6,9,12-13,15H2,1-5H3,(H2,22,23,24). The molecule has 0 radical (unpaired) electrons. The predicted octanol–water partition coefficient (Wildman–Crippen LogP) is 3.26. The number of benzene rings is 1. The van der Waals surface area contributed by atoms with Crippen LogP contribution >= 0.6 is 0 Å². The van der Waals surface area contributed by atoms with Gasteiger partial charge in [0.15, 0.2) is 5.96 Å². The maximum absolute atomic E-state index is 5.47. The summed E-state index contributed by atoms with van der Waals surface area (Å²) < 4.78 is 7.53. The average molecular weight is 372 g/mol. The first-order valence-corrected chi connectivity index (χ1v) is 9.71. The van der Waals surface area contributed by atoms with E-state index in [-0.39, 0.29) is 5.92 Å². The Kier molecular flexibility index (Phi) is 8.17. The van der Waals surface area contributed by atoms with Gasteiger partial charge in [0.25, 0.3) is 0 Å². The summed E-state index contributed by atoms with van der Waals surface area (Å²) in [6, 6.07) is 10.2. The van der Waals surface area contributed by atoms with Gasteiger partial charge in [-0.1, -0.05) is 25.1 Å². The second kappa shape index (κ2) is 10.6. The number of aliphatic imine (C=N–C) groups is 1. The highest BCUT2D eigenvalue weighted by atomic mass is 16.5. The Balaban J connectivity index is 1.86. The monoisotopic (exact) mass is 371 g/mol. The van der Waals surface area contributed by atoms with E-state index in [4.69, 9.17) is 9.73 Å². The fraction of sp³-hybridized carbons (Fsp3) is 0.524. The van der Waals surface area contributed by atoms with Crippen LogP contribution in [-0.2, 0) is 6.54 Å². The van der Waals surface area contributed by atoms with Gasteiger partial charge >= 0.3 is 0 Å². The molecule has 1 aromatic carbocycles. The van der Waals surface area contributed by atoms with Crippen molar-refractivity contribution in [2.45, 2.75) is 46.6 Å². The van der Waals surface area contributed by atoms with Gasteiger partial charge in [0, 0.05) is 37.8 Å². The van der Waals surface area contributed by atoms with Crippen molar-refractivity contribution in [3.8, 4) is 5.75 Å². The number of ether oxygens (including phenoxy) is 1. The quantitative estimate of drug-likeness (QED) is 0.403. The molecule has 6 heteroatoms. The summed E-state index contributed by atoms with van der Waals surface area (Å²) in [5.74, 6) is 2.06. The lowest BCUT2D eigenvalue weighted by Gasteiger charge is -2.16. The third kappa shape index (κ3) is 6.31. The lowest BCUT2D eigenvalue weighted by atomic mass is 10.0. The van der Waals surface area contributed by atoms with E-state index < -0.39 is 0 Å². The summed E-state index contributed by atoms with van der Waals surface area (Å²) in [6.45, 7) is 11.7. The van der Waals surface area contributed by atoms with Crippen LogP contribution in [0.5, 0.6) is 5.75 Å². The molecule has 0 bridgehead atoms. The van der Waals surface area contributed by atoms with E-state index >= 15 is 0 Å². The molecule has 0 aliphatic heterocycles. The molecule has 0 saturated heterocycles. The van der Waals surface area contributed by atoms with Gasteiger partial charge < -0.3 is 15.4 Å². The zero-order chi connectivity index (χ0) is 19.6. The van der Waals surface area contributed by atoms with Gasteiger partial charge in [-0.05, 0) is 44.9 Å². The first-order chi connectivity index (χ1) is 13.0. The topological polar surface area (TPSA) is 63.5 Å². The van der Waals surface area contributed by atoms with E-state index in [9.17, 15) is 0 Å². The minimum atomic E-state index is 0.284. The zero-order valence-electron chi connectivity index (χ0n) is 17.2. The van der Waals surface area contributed by atoms with Crippen LogP contribution in [0.25, 0.3) is 0 Å². The summed E-state index contributed by atoms with van der Waals surface area (Å²) in [7, 11) is 1.71. The first kappa shape index (κ1) is 20.8. The summed E-state index contributed by atoms with van der Waals surface area (Å²) in [6.07, 6.45) is 0.994. The highest BCUT2D eigenvalue weighted by molar-refractivity contribution is 5.79. The van der Waals surface area contributed by atoms with Crippen LogP contribution < -0.4 is 15.4 Å². The summed E-state index contributed by atoms with van der Waals surface area (Å²) in [5, 5.41) is 11.2. The number of hydrogen-bond donors (Lipinski definition) is 2. The number of aryl methyl sites for hydroxylation is 3. The van der Waals surface area contributed by atoms with Crippen molar-refractivity contribution in [2.75, 3.05) is 26.7 Å². The van der Waals surface area contributed by atoms with Gasteiger partial charge in [0.2, 0.25) is 0 Å². The molecule has 0 fully saturated rings. The highest BCUT2D eigenvalue weighted by Gasteiger charge is 2.10. The molecule has 2 rings (SSSR count). The van der Waals surface area contributed by atoms with Crippen molar-refractivity contribution >= 4 is 5.96 Å². The van der Waals surface area contributed by atoms with Crippen molar-refractivity contribution in [2.24, 2.45) is 4.99 Å². The van der Waals surface area contributed by atoms with Crippen molar-refractivity contribution in [3.63, 3.8) is 0 Å². The summed E-state index contributed by atoms with van der Waals surface area (Å²) in [4.78, 5) is 4.75. The largest absolute Gasteiger partial charge is 0.496 e. The maximum Gasteiger partial charge on any atom is 0.191 e. The molecule has 0 spiro atoms. The summed E-state index contributed by atoms with van der Waals surface area (Å²) in [5.41, 5.74) is 3.46. The number of aromatic nitrogens is 2. The van der Waals surface area contributed by atoms with Gasteiger partial charge in [-0.15, -0.1) is 0 Å². The van der Waals surface area contributed by atoms with Crippen molar-refractivity contribution in [1.82, 2.24) is 20.4 Å². The maximum atomic E-state index is 5.47. The molecular formula is C21H33N5O. The Labute approximate surface area is 163 Å². The first-order valence-electron chi connectivity index (χ1n) is 9.71. The molecule has 27 heavy (non-hydrogen) atoms. The Hall–Kier alpha value is -2.50. The van der Waals surface area contributed by atoms with Crippen LogP contribution in [0.3, 0.4) is 0 Å². The zero-order valence-corrected chi connectivity index (χ0v) is 17.2. The highest BCUT2D eigenvalue weighted by Crippen LogP contribution is 2.26. The second-order valence-electron chi connectivity index (χ2n) is 6.79. The molecule has 148 valence electrons.